The number of aryl methyl sites for hydroxylation is 1. The molecule has 1 N–H and O–H groups in total. The zero-order valence-corrected chi connectivity index (χ0v) is 12.9. The summed E-state index contributed by atoms with van der Waals surface area (Å²) in [6.45, 7) is 2.55. The Balaban J connectivity index is 2.18. The largest absolute Gasteiger partial charge is 0.481 e. The number of rotatable bonds is 4. The average molecular weight is 310 g/mol. The van der Waals surface area contributed by atoms with E-state index in [0.29, 0.717) is 23.6 Å². The van der Waals surface area contributed by atoms with Crippen molar-refractivity contribution in [3.63, 3.8) is 0 Å². The molecule has 1 amide bonds. The topological polar surface area (TPSA) is 57.6 Å². The Labute approximate surface area is 129 Å². The fourth-order valence-corrected chi connectivity index (χ4v) is 3.03. The van der Waals surface area contributed by atoms with Crippen molar-refractivity contribution in [2.45, 2.75) is 45.1 Å². The first-order valence-corrected chi connectivity index (χ1v) is 7.66. The number of amides is 1. The van der Waals surface area contributed by atoms with Crippen molar-refractivity contribution in [3.8, 4) is 0 Å². The summed E-state index contributed by atoms with van der Waals surface area (Å²) in [5, 5.41) is 9.33. The van der Waals surface area contributed by atoms with Crippen molar-refractivity contribution in [1.82, 2.24) is 4.90 Å². The number of hydrogen-bond acceptors (Lipinski definition) is 2. The summed E-state index contributed by atoms with van der Waals surface area (Å²) in [5.74, 6) is -0.902. The minimum absolute atomic E-state index is 0.000992. The average Bonchev–Trinajstić information content (AvgIpc) is 2.47. The van der Waals surface area contributed by atoms with Crippen molar-refractivity contribution in [2.24, 2.45) is 0 Å². The molecule has 1 heterocycles. The van der Waals surface area contributed by atoms with E-state index >= 15 is 0 Å². The maximum absolute atomic E-state index is 12.7. The van der Waals surface area contributed by atoms with Crippen molar-refractivity contribution >= 4 is 23.5 Å². The van der Waals surface area contributed by atoms with Crippen molar-refractivity contribution in [2.75, 3.05) is 6.54 Å². The third-order valence-corrected chi connectivity index (χ3v) is 4.50. The molecule has 1 aromatic carbocycles. The molecule has 0 bridgehead atoms. The first-order chi connectivity index (χ1) is 10.0. The highest BCUT2D eigenvalue weighted by atomic mass is 35.5. The van der Waals surface area contributed by atoms with Crippen LogP contribution in [0.1, 0.15) is 48.0 Å². The zero-order chi connectivity index (χ0) is 15.4. The predicted molar refractivity (Wildman–Crippen MR) is 81.7 cm³/mol. The van der Waals surface area contributed by atoms with Gasteiger partial charge in [0.1, 0.15) is 0 Å². The van der Waals surface area contributed by atoms with Gasteiger partial charge in [0.25, 0.3) is 5.91 Å². The van der Waals surface area contributed by atoms with Gasteiger partial charge in [0, 0.05) is 19.0 Å². The Bertz CT molecular complexity index is 544. The summed E-state index contributed by atoms with van der Waals surface area (Å²) in [5.41, 5.74) is 1.39. The van der Waals surface area contributed by atoms with Gasteiger partial charge in [-0.15, -0.1) is 0 Å². The summed E-state index contributed by atoms with van der Waals surface area (Å²) >= 11 is 6.24. The molecule has 21 heavy (non-hydrogen) atoms. The number of carboxylic acid groups (broad SMARTS) is 1. The monoisotopic (exact) mass is 309 g/mol. The molecule has 1 aromatic rings. The lowest BCUT2D eigenvalue weighted by atomic mass is 9.96. The molecule has 0 radical (unpaired) electrons. The van der Waals surface area contributed by atoms with E-state index in [-0.39, 0.29) is 18.4 Å². The molecule has 1 aliphatic heterocycles. The van der Waals surface area contributed by atoms with Gasteiger partial charge in [0.15, 0.2) is 0 Å². The summed E-state index contributed by atoms with van der Waals surface area (Å²) in [6.07, 6.45) is 3.46. The second kappa shape index (κ2) is 6.94. The minimum Gasteiger partial charge on any atom is -0.481 e. The van der Waals surface area contributed by atoms with Crippen LogP contribution in [0.3, 0.4) is 0 Å². The van der Waals surface area contributed by atoms with Crippen LogP contribution in [0.4, 0.5) is 0 Å². The van der Waals surface area contributed by atoms with Crippen LogP contribution < -0.4 is 0 Å². The molecule has 0 aromatic heterocycles. The van der Waals surface area contributed by atoms with Crippen molar-refractivity contribution in [3.05, 3.63) is 34.3 Å². The van der Waals surface area contributed by atoms with Crippen LogP contribution >= 0.6 is 11.6 Å². The number of likely N-dealkylation sites (tertiary alicyclic amines) is 1. The van der Waals surface area contributed by atoms with E-state index < -0.39 is 5.97 Å². The first kappa shape index (κ1) is 15.8. The van der Waals surface area contributed by atoms with Gasteiger partial charge in [-0.2, -0.15) is 0 Å². The van der Waals surface area contributed by atoms with Crippen molar-refractivity contribution in [1.29, 1.82) is 0 Å². The van der Waals surface area contributed by atoms with Gasteiger partial charge in [-0.3, -0.25) is 9.59 Å². The quantitative estimate of drug-likeness (QED) is 0.926. The maximum Gasteiger partial charge on any atom is 0.303 e. The molecule has 4 nitrogen and oxygen atoms in total. The number of nitrogens with zero attached hydrogens (tertiary/aromatic N) is 1. The van der Waals surface area contributed by atoms with Crippen LogP contribution in [-0.4, -0.2) is 34.5 Å². The summed E-state index contributed by atoms with van der Waals surface area (Å²) < 4.78 is 0. The second-order valence-corrected chi connectivity index (χ2v) is 5.89. The summed E-state index contributed by atoms with van der Waals surface area (Å²) in [7, 11) is 0. The smallest absolute Gasteiger partial charge is 0.303 e. The van der Waals surface area contributed by atoms with E-state index in [9.17, 15) is 9.59 Å². The summed E-state index contributed by atoms with van der Waals surface area (Å²) in [6, 6.07) is 5.43. The third-order valence-electron chi connectivity index (χ3n) is 4.00. The molecule has 0 aliphatic carbocycles. The van der Waals surface area contributed by atoms with Crippen LogP contribution in [0.25, 0.3) is 0 Å². The molecule has 0 saturated carbocycles. The number of carbonyl (C=O) groups excluding carboxylic acids is 1. The van der Waals surface area contributed by atoms with Gasteiger partial charge in [0.2, 0.25) is 0 Å². The fourth-order valence-electron chi connectivity index (χ4n) is 2.83. The van der Waals surface area contributed by atoms with Gasteiger partial charge >= 0.3 is 5.97 Å². The molecule has 1 aliphatic rings. The normalized spacial score (nSPS) is 18.6. The Morgan fingerprint density at radius 3 is 2.86 bits per heavy atom. The molecule has 1 saturated heterocycles. The van der Waals surface area contributed by atoms with E-state index in [2.05, 4.69) is 0 Å². The van der Waals surface area contributed by atoms with Gasteiger partial charge < -0.3 is 10.0 Å². The molecular weight excluding hydrogens is 290 g/mol. The van der Waals surface area contributed by atoms with E-state index in [1.54, 1.807) is 11.0 Å². The number of carbonyl (C=O) groups is 2. The van der Waals surface area contributed by atoms with Crippen LogP contribution in [0.5, 0.6) is 0 Å². The molecular formula is C16H20ClNO3. The number of aliphatic carboxylic acids is 1. The Morgan fingerprint density at radius 1 is 1.38 bits per heavy atom. The van der Waals surface area contributed by atoms with E-state index in [1.165, 1.54) is 0 Å². The number of halogens is 1. The highest BCUT2D eigenvalue weighted by molar-refractivity contribution is 6.34. The van der Waals surface area contributed by atoms with Crippen LogP contribution in [0.2, 0.25) is 5.02 Å². The van der Waals surface area contributed by atoms with Crippen LogP contribution in [0, 0.1) is 6.92 Å². The fraction of sp³-hybridized carbons (Fsp3) is 0.500. The molecule has 5 heteroatoms. The summed E-state index contributed by atoms with van der Waals surface area (Å²) in [4.78, 5) is 25.3. The van der Waals surface area contributed by atoms with Gasteiger partial charge in [-0.1, -0.05) is 23.7 Å². The van der Waals surface area contributed by atoms with Gasteiger partial charge in [-0.05, 0) is 44.2 Å². The van der Waals surface area contributed by atoms with E-state index in [1.807, 2.05) is 19.1 Å². The Hall–Kier alpha value is -1.55. The molecule has 1 fully saturated rings. The minimum atomic E-state index is -0.818. The Morgan fingerprint density at radius 2 is 2.14 bits per heavy atom. The zero-order valence-electron chi connectivity index (χ0n) is 12.1. The molecule has 114 valence electrons. The lowest BCUT2D eigenvalue weighted by molar-refractivity contribution is -0.137. The van der Waals surface area contributed by atoms with Crippen LogP contribution in [0.15, 0.2) is 18.2 Å². The second-order valence-electron chi connectivity index (χ2n) is 5.52. The lowest BCUT2D eigenvalue weighted by Gasteiger charge is -2.36. The maximum atomic E-state index is 12.7. The van der Waals surface area contributed by atoms with E-state index in [0.717, 1.165) is 24.8 Å². The van der Waals surface area contributed by atoms with Gasteiger partial charge in [-0.25, -0.2) is 0 Å². The molecule has 1 atom stereocenters. The Kier molecular flexibility index (Phi) is 5.23. The lowest BCUT2D eigenvalue weighted by Crippen LogP contribution is -2.44. The third kappa shape index (κ3) is 3.76. The number of hydrogen-bond donors (Lipinski definition) is 1. The standard InChI is InChI=1S/C16H20ClNO3/c1-11-5-4-7-13(15(11)17)16(21)18-10-3-2-6-12(18)8-9-14(19)20/h4-5,7,12H,2-3,6,8-10H2,1H3,(H,19,20). The molecule has 0 spiro atoms. The number of piperidine rings is 1. The number of carboxylic acids is 1. The van der Waals surface area contributed by atoms with Crippen LogP contribution in [-0.2, 0) is 4.79 Å². The molecule has 2 rings (SSSR count). The van der Waals surface area contributed by atoms with Crippen molar-refractivity contribution < 1.29 is 14.7 Å². The molecule has 1 unspecified atom stereocenters. The first-order valence-electron chi connectivity index (χ1n) is 7.28. The van der Waals surface area contributed by atoms with Gasteiger partial charge in [0.05, 0.1) is 10.6 Å². The highest BCUT2D eigenvalue weighted by Gasteiger charge is 2.28. The van der Waals surface area contributed by atoms with E-state index in [4.69, 9.17) is 16.7 Å². The predicted octanol–water partition coefficient (Wildman–Crippen LogP) is 3.51. The highest BCUT2D eigenvalue weighted by Crippen LogP contribution is 2.27. The SMILES string of the molecule is Cc1cccc(C(=O)N2CCCCC2CCC(=O)O)c1Cl. The number of benzene rings is 1.